The molecular formula is C22H33N3O3. The molecule has 28 heavy (non-hydrogen) atoms. The fourth-order valence-electron chi connectivity index (χ4n) is 4.28. The van der Waals surface area contributed by atoms with Crippen LogP contribution in [0.15, 0.2) is 24.3 Å². The van der Waals surface area contributed by atoms with Crippen LogP contribution < -0.4 is 5.32 Å². The number of hydrogen-bond donors (Lipinski definition) is 1. The lowest BCUT2D eigenvalue weighted by Crippen LogP contribution is -2.62. The van der Waals surface area contributed by atoms with Crippen molar-refractivity contribution < 1.29 is 14.3 Å². The molecule has 6 nitrogen and oxygen atoms in total. The van der Waals surface area contributed by atoms with Crippen LogP contribution in [0.3, 0.4) is 0 Å². The van der Waals surface area contributed by atoms with Gasteiger partial charge in [0.25, 0.3) is 0 Å². The van der Waals surface area contributed by atoms with Gasteiger partial charge in [-0.25, -0.2) is 0 Å². The monoisotopic (exact) mass is 387 g/mol. The molecule has 2 saturated heterocycles. The van der Waals surface area contributed by atoms with Gasteiger partial charge in [0.05, 0.1) is 13.2 Å². The summed E-state index contributed by atoms with van der Waals surface area (Å²) in [4.78, 5) is 29.7. The van der Waals surface area contributed by atoms with Gasteiger partial charge >= 0.3 is 0 Å². The zero-order valence-electron chi connectivity index (χ0n) is 17.2. The Kier molecular flexibility index (Phi) is 7.21. The normalized spacial score (nSPS) is 20.6. The molecule has 0 spiro atoms. The SMILES string of the molecule is Cc1ccccc1C(=O)CCC(=O)NCC1(N2CCOCC2)CCN(C)CC1. The molecule has 2 fully saturated rings. The topological polar surface area (TPSA) is 61.9 Å². The van der Waals surface area contributed by atoms with Crippen LogP contribution in [0.5, 0.6) is 0 Å². The number of aryl methyl sites for hydroxylation is 1. The molecule has 3 rings (SSSR count). The van der Waals surface area contributed by atoms with E-state index in [2.05, 4.69) is 22.2 Å². The van der Waals surface area contributed by atoms with Crippen LogP contribution in [0.1, 0.15) is 41.6 Å². The predicted octanol–water partition coefficient (Wildman–Crippen LogP) is 1.87. The fourth-order valence-corrected chi connectivity index (χ4v) is 4.28. The number of hydrogen-bond acceptors (Lipinski definition) is 5. The number of morpholine rings is 1. The molecule has 2 aliphatic heterocycles. The van der Waals surface area contributed by atoms with Gasteiger partial charge in [-0.15, -0.1) is 0 Å². The van der Waals surface area contributed by atoms with E-state index in [1.165, 1.54) is 0 Å². The third-order valence-electron chi connectivity index (χ3n) is 6.24. The van der Waals surface area contributed by atoms with E-state index < -0.39 is 0 Å². The first-order valence-corrected chi connectivity index (χ1v) is 10.4. The molecule has 1 amide bonds. The lowest BCUT2D eigenvalue weighted by molar-refractivity contribution is -0.122. The number of nitrogens with one attached hydrogen (secondary N) is 1. The number of carbonyl (C=O) groups is 2. The van der Waals surface area contributed by atoms with Gasteiger partial charge in [0, 0.05) is 43.6 Å². The second kappa shape index (κ2) is 9.63. The van der Waals surface area contributed by atoms with Crippen molar-refractivity contribution in [1.82, 2.24) is 15.1 Å². The van der Waals surface area contributed by atoms with Crippen molar-refractivity contribution in [2.75, 3.05) is 53.0 Å². The lowest BCUT2D eigenvalue weighted by Gasteiger charge is -2.49. The number of Topliss-reactive ketones (excluding diaryl/α,β-unsaturated/α-hetero) is 1. The number of carbonyl (C=O) groups excluding carboxylic acids is 2. The molecule has 0 saturated carbocycles. The molecule has 1 aromatic carbocycles. The molecule has 1 aromatic rings. The van der Waals surface area contributed by atoms with Crippen LogP contribution in [-0.2, 0) is 9.53 Å². The summed E-state index contributed by atoms with van der Waals surface area (Å²) < 4.78 is 5.52. The maximum atomic E-state index is 12.5. The summed E-state index contributed by atoms with van der Waals surface area (Å²) in [5, 5.41) is 3.13. The Labute approximate surface area is 168 Å². The van der Waals surface area contributed by atoms with E-state index in [-0.39, 0.29) is 30.1 Å². The summed E-state index contributed by atoms with van der Waals surface area (Å²) in [5.41, 5.74) is 1.69. The number of nitrogens with zero attached hydrogens (tertiary/aromatic N) is 2. The number of amides is 1. The van der Waals surface area contributed by atoms with Crippen molar-refractivity contribution in [3.8, 4) is 0 Å². The second-order valence-electron chi connectivity index (χ2n) is 8.14. The summed E-state index contributed by atoms with van der Waals surface area (Å²) in [6, 6.07) is 7.55. The first-order valence-electron chi connectivity index (χ1n) is 10.4. The minimum Gasteiger partial charge on any atom is -0.379 e. The molecule has 0 aromatic heterocycles. The summed E-state index contributed by atoms with van der Waals surface area (Å²) in [6.45, 7) is 8.03. The maximum Gasteiger partial charge on any atom is 0.220 e. The van der Waals surface area contributed by atoms with Crippen LogP contribution >= 0.6 is 0 Å². The summed E-state index contributed by atoms with van der Waals surface area (Å²) in [6.07, 6.45) is 2.59. The Hall–Kier alpha value is -1.76. The molecular weight excluding hydrogens is 354 g/mol. The number of ketones is 1. The second-order valence-corrected chi connectivity index (χ2v) is 8.14. The first-order chi connectivity index (χ1) is 13.5. The number of piperidine rings is 1. The number of ether oxygens (including phenoxy) is 1. The van der Waals surface area contributed by atoms with E-state index in [1.54, 1.807) is 0 Å². The minimum absolute atomic E-state index is 0.00593. The molecule has 2 aliphatic rings. The van der Waals surface area contributed by atoms with Crippen LogP contribution in [0, 0.1) is 6.92 Å². The van der Waals surface area contributed by atoms with Crippen LogP contribution in [0.2, 0.25) is 0 Å². The quantitative estimate of drug-likeness (QED) is 0.724. The van der Waals surface area contributed by atoms with Gasteiger partial charge in [0.15, 0.2) is 5.78 Å². The Bertz CT molecular complexity index is 677. The lowest BCUT2D eigenvalue weighted by atomic mass is 9.85. The first kappa shape index (κ1) is 21.0. The van der Waals surface area contributed by atoms with Crippen molar-refractivity contribution in [3.05, 3.63) is 35.4 Å². The molecule has 0 radical (unpaired) electrons. The number of benzene rings is 1. The Morgan fingerprint density at radius 1 is 1.07 bits per heavy atom. The average molecular weight is 388 g/mol. The molecule has 154 valence electrons. The zero-order chi connectivity index (χ0) is 20.0. The third kappa shape index (κ3) is 5.19. The summed E-state index contributed by atoms with van der Waals surface area (Å²) in [7, 11) is 2.15. The molecule has 2 heterocycles. The maximum absolute atomic E-state index is 12.5. The fraction of sp³-hybridized carbons (Fsp3) is 0.636. The average Bonchev–Trinajstić information content (AvgIpc) is 2.73. The van der Waals surface area contributed by atoms with Gasteiger partial charge in [-0.05, 0) is 45.5 Å². The van der Waals surface area contributed by atoms with Crippen LogP contribution in [0.4, 0.5) is 0 Å². The zero-order valence-corrected chi connectivity index (χ0v) is 17.2. The Balaban J connectivity index is 1.53. The Morgan fingerprint density at radius 2 is 1.75 bits per heavy atom. The van der Waals surface area contributed by atoms with Crippen molar-refractivity contribution in [2.45, 2.75) is 38.1 Å². The van der Waals surface area contributed by atoms with E-state index >= 15 is 0 Å². The largest absolute Gasteiger partial charge is 0.379 e. The standard InChI is InChI=1S/C22H33N3O3/c1-18-5-3-4-6-19(18)20(26)7-8-21(27)23-17-22(9-11-24(2)12-10-22)25-13-15-28-16-14-25/h3-6H,7-17H2,1-2H3,(H,23,27). The van der Waals surface area contributed by atoms with Crippen molar-refractivity contribution in [2.24, 2.45) is 0 Å². The van der Waals surface area contributed by atoms with Gasteiger partial charge in [-0.1, -0.05) is 24.3 Å². The minimum atomic E-state index is -0.0338. The molecule has 0 atom stereocenters. The van der Waals surface area contributed by atoms with Gasteiger partial charge in [0.2, 0.25) is 5.91 Å². The van der Waals surface area contributed by atoms with Gasteiger partial charge in [-0.2, -0.15) is 0 Å². The van der Waals surface area contributed by atoms with E-state index in [1.807, 2.05) is 31.2 Å². The van der Waals surface area contributed by atoms with Crippen molar-refractivity contribution >= 4 is 11.7 Å². The van der Waals surface area contributed by atoms with E-state index in [0.29, 0.717) is 6.54 Å². The smallest absolute Gasteiger partial charge is 0.220 e. The van der Waals surface area contributed by atoms with Crippen LogP contribution in [-0.4, -0.2) is 80.0 Å². The molecule has 0 bridgehead atoms. The predicted molar refractivity (Wildman–Crippen MR) is 110 cm³/mol. The molecule has 1 N–H and O–H groups in total. The van der Waals surface area contributed by atoms with E-state index in [9.17, 15) is 9.59 Å². The summed E-state index contributed by atoms with van der Waals surface area (Å²) >= 11 is 0. The molecule has 0 aliphatic carbocycles. The van der Waals surface area contributed by atoms with Gasteiger partial charge in [-0.3, -0.25) is 14.5 Å². The van der Waals surface area contributed by atoms with E-state index in [0.717, 1.165) is 63.4 Å². The van der Waals surface area contributed by atoms with Gasteiger partial charge < -0.3 is 15.0 Å². The number of likely N-dealkylation sites (tertiary alicyclic amines) is 1. The Morgan fingerprint density at radius 3 is 2.43 bits per heavy atom. The van der Waals surface area contributed by atoms with E-state index in [4.69, 9.17) is 4.74 Å². The van der Waals surface area contributed by atoms with Gasteiger partial charge in [0.1, 0.15) is 0 Å². The van der Waals surface area contributed by atoms with Crippen molar-refractivity contribution in [3.63, 3.8) is 0 Å². The third-order valence-corrected chi connectivity index (χ3v) is 6.24. The molecule has 0 unspecified atom stereocenters. The van der Waals surface area contributed by atoms with Crippen LogP contribution in [0.25, 0.3) is 0 Å². The highest BCUT2D eigenvalue weighted by atomic mass is 16.5. The number of rotatable bonds is 7. The van der Waals surface area contributed by atoms with Crippen molar-refractivity contribution in [1.29, 1.82) is 0 Å². The highest BCUT2D eigenvalue weighted by Gasteiger charge is 2.40. The molecule has 6 heteroatoms. The highest BCUT2D eigenvalue weighted by Crippen LogP contribution is 2.29. The highest BCUT2D eigenvalue weighted by molar-refractivity contribution is 5.99. The summed E-state index contributed by atoms with van der Waals surface area (Å²) in [5.74, 6) is 0.00364.